The Morgan fingerprint density at radius 1 is 1.14 bits per heavy atom. The average molecular weight is 296 g/mol. The maximum atomic E-state index is 12.8. The van der Waals surface area contributed by atoms with E-state index in [0.29, 0.717) is 6.54 Å². The Bertz CT molecular complexity index is 610. The first-order chi connectivity index (χ1) is 10.7. The van der Waals surface area contributed by atoms with Gasteiger partial charge in [0, 0.05) is 12.2 Å². The second-order valence-electron chi connectivity index (χ2n) is 5.67. The maximum absolute atomic E-state index is 12.8. The monoisotopic (exact) mass is 296 g/mol. The summed E-state index contributed by atoms with van der Waals surface area (Å²) in [6, 6.07) is 17.7. The number of benzene rings is 2. The molecule has 3 heteroatoms. The molecule has 116 valence electrons. The van der Waals surface area contributed by atoms with Crippen LogP contribution in [-0.2, 0) is 11.3 Å². The largest absolute Gasteiger partial charge is 0.326 e. The van der Waals surface area contributed by atoms with E-state index < -0.39 is 0 Å². The van der Waals surface area contributed by atoms with Crippen LogP contribution >= 0.6 is 0 Å². The van der Waals surface area contributed by atoms with E-state index in [1.54, 1.807) is 0 Å². The Morgan fingerprint density at radius 2 is 1.86 bits per heavy atom. The average Bonchev–Trinajstić information content (AvgIpc) is 2.56. The maximum Gasteiger partial charge on any atom is 0.232 e. The number of nitrogens with one attached hydrogen (secondary N) is 1. The van der Waals surface area contributed by atoms with Crippen LogP contribution in [0.15, 0.2) is 54.6 Å². The van der Waals surface area contributed by atoms with Crippen LogP contribution < -0.4 is 11.1 Å². The molecule has 2 aromatic carbocycles. The summed E-state index contributed by atoms with van der Waals surface area (Å²) in [5.74, 6) is 0.169. The third-order valence-electron chi connectivity index (χ3n) is 4.08. The molecule has 22 heavy (non-hydrogen) atoms. The van der Waals surface area contributed by atoms with Crippen molar-refractivity contribution in [2.24, 2.45) is 11.7 Å². The van der Waals surface area contributed by atoms with Crippen molar-refractivity contribution in [1.82, 2.24) is 0 Å². The van der Waals surface area contributed by atoms with Crippen molar-refractivity contribution in [3.8, 4) is 0 Å². The molecule has 0 fully saturated rings. The van der Waals surface area contributed by atoms with Gasteiger partial charge >= 0.3 is 0 Å². The summed E-state index contributed by atoms with van der Waals surface area (Å²) >= 11 is 0. The number of carbonyl (C=O) groups excluding carboxylic acids is 1. The zero-order chi connectivity index (χ0) is 15.9. The fraction of sp³-hybridized carbons (Fsp3) is 0.316. The van der Waals surface area contributed by atoms with Gasteiger partial charge in [-0.2, -0.15) is 0 Å². The van der Waals surface area contributed by atoms with Gasteiger partial charge in [-0.3, -0.25) is 4.79 Å². The predicted molar refractivity (Wildman–Crippen MR) is 91.6 cm³/mol. The van der Waals surface area contributed by atoms with E-state index in [9.17, 15) is 4.79 Å². The van der Waals surface area contributed by atoms with Gasteiger partial charge in [-0.25, -0.2) is 0 Å². The Labute approximate surface area is 132 Å². The summed E-state index contributed by atoms with van der Waals surface area (Å²) in [5.41, 5.74) is 8.53. The molecule has 2 atom stereocenters. The summed E-state index contributed by atoms with van der Waals surface area (Å²) in [4.78, 5) is 12.8. The highest BCUT2D eigenvalue weighted by atomic mass is 16.1. The second kappa shape index (κ2) is 7.76. The summed E-state index contributed by atoms with van der Waals surface area (Å²) in [5, 5.41) is 3.04. The highest BCUT2D eigenvalue weighted by Gasteiger charge is 2.25. The lowest BCUT2D eigenvalue weighted by molar-refractivity contribution is -0.118. The Morgan fingerprint density at radius 3 is 2.50 bits per heavy atom. The standard InChI is InChI=1S/C19H24N2O/c1-3-14(2)18(16-9-5-4-6-10-16)19(22)21-17-11-7-8-15(12-17)13-20/h4-12,14,18H,3,13,20H2,1-2H3,(H,21,22). The zero-order valence-corrected chi connectivity index (χ0v) is 13.3. The Kier molecular flexibility index (Phi) is 5.73. The van der Waals surface area contributed by atoms with Crippen LogP contribution in [0.4, 0.5) is 5.69 Å². The minimum Gasteiger partial charge on any atom is -0.326 e. The third kappa shape index (κ3) is 3.95. The predicted octanol–water partition coefficient (Wildman–Crippen LogP) is 3.91. The first-order valence-electron chi connectivity index (χ1n) is 7.80. The van der Waals surface area contributed by atoms with E-state index >= 15 is 0 Å². The molecule has 3 nitrogen and oxygen atoms in total. The van der Waals surface area contributed by atoms with Gasteiger partial charge < -0.3 is 11.1 Å². The van der Waals surface area contributed by atoms with Crippen LogP contribution in [0.1, 0.15) is 37.3 Å². The number of nitrogens with two attached hydrogens (primary N) is 1. The molecular formula is C19H24N2O. The van der Waals surface area contributed by atoms with Gasteiger partial charge in [0.25, 0.3) is 0 Å². The fourth-order valence-electron chi connectivity index (χ4n) is 2.63. The first kappa shape index (κ1) is 16.2. The molecule has 0 heterocycles. The van der Waals surface area contributed by atoms with Crippen molar-refractivity contribution in [3.05, 3.63) is 65.7 Å². The molecule has 2 aromatic rings. The molecular weight excluding hydrogens is 272 g/mol. The van der Waals surface area contributed by atoms with E-state index in [1.807, 2.05) is 54.6 Å². The molecule has 1 amide bonds. The SMILES string of the molecule is CCC(C)C(C(=O)Nc1cccc(CN)c1)c1ccccc1. The van der Waals surface area contributed by atoms with Gasteiger partial charge in [0.05, 0.1) is 5.92 Å². The van der Waals surface area contributed by atoms with E-state index in [0.717, 1.165) is 23.2 Å². The molecule has 2 rings (SSSR count). The summed E-state index contributed by atoms with van der Waals surface area (Å²) in [6.07, 6.45) is 0.954. The van der Waals surface area contributed by atoms with E-state index in [2.05, 4.69) is 19.2 Å². The molecule has 0 saturated carbocycles. The molecule has 0 bridgehead atoms. The van der Waals surface area contributed by atoms with Crippen LogP contribution in [-0.4, -0.2) is 5.91 Å². The zero-order valence-electron chi connectivity index (χ0n) is 13.3. The van der Waals surface area contributed by atoms with E-state index in [-0.39, 0.29) is 17.7 Å². The lowest BCUT2D eigenvalue weighted by Gasteiger charge is -2.23. The van der Waals surface area contributed by atoms with Crippen LogP contribution in [0.2, 0.25) is 0 Å². The van der Waals surface area contributed by atoms with E-state index in [1.165, 1.54) is 0 Å². The summed E-state index contributed by atoms with van der Waals surface area (Å²) in [6.45, 7) is 4.70. The molecule has 0 spiro atoms. The van der Waals surface area contributed by atoms with Crippen molar-refractivity contribution < 1.29 is 4.79 Å². The lowest BCUT2D eigenvalue weighted by Crippen LogP contribution is -2.26. The number of hydrogen-bond donors (Lipinski definition) is 2. The van der Waals surface area contributed by atoms with Crippen LogP contribution in [0.5, 0.6) is 0 Å². The molecule has 0 aromatic heterocycles. The topological polar surface area (TPSA) is 55.1 Å². The summed E-state index contributed by atoms with van der Waals surface area (Å²) in [7, 11) is 0. The Balaban J connectivity index is 2.22. The highest BCUT2D eigenvalue weighted by Crippen LogP contribution is 2.28. The summed E-state index contributed by atoms with van der Waals surface area (Å²) < 4.78 is 0. The lowest BCUT2D eigenvalue weighted by atomic mass is 9.85. The van der Waals surface area contributed by atoms with Gasteiger partial charge in [0.1, 0.15) is 0 Å². The normalized spacial score (nSPS) is 13.4. The minimum absolute atomic E-state index is 0.0368. The first-order valence-corrected chi connectivity index (χ1v) is 7.80. The van der Waals surface area contributed by atoms with Crippen molar-refractivity contribution in [1.29, 1.82) is 0 Å². The van der Waals surface area contributed by atoms with Crippen molar-refractivity contribution in [2.45, 2.75) is 32.7 Å². The molecule has 0 aliphatic rings. The molecule has 0 radical (unpaired) electrons. The smallest absolute Gasteiger partial charge is 0.232 e. The van der Waals surface area contributed by atoms with Crippen LogP contribution in [0.25, 0.3) is 0 Å². The van der Waals surface area contributed by atoms with Gasteiger partial charge in [0.2, 0.25) is 5.91 Å². The van der Waals surface area contributed by atoms with Crippen molar-refractivity contribution in [2.75, 3.05) is 5.32 Å². The highest BCUT2D eigenvalue weighted by molar-refractivity contribution is 5.96. The quantitative estimate of drug-likeness (QED) is 0.849. The molecule has 0 aliphatic carbocycles. The third-order valence-corrected chi connectivity index (χ3v) is 4.08. The number of hydrogen-bond acceptors (Lipinski definition) is 2. The fourth-order valence-corrected chi connectivity index (χ4v) is 2.63. The van der Waals surface area contributed by atoms with Crippen LogP contribution in [0.3, 0.4) is 0 Å². The molecule has 3 N–H and O–H groups in total. The van der Waals surface area contributed by atoms with Gasteiger partial charge in [0.15, 0.2) is 0 Å². The minimum atomic E-state index is -0.146. The molecule has 0 aliphatic heterocycles. The van der Waals surface area contributed by atoms with E-state index in [4.69, 9.17) is 5.73 Å². The molecule has 2 unspecified atom stereocenters. The Hall–Kier alpha value is -2.13. The van der Waals surface area contributed by atoms with Gasteiger partial charge in [-0.15, -0.1) is 0 Å². The van der Waals surface area contributed by atoms with Crippen molar-refractivity contribution in [3.63, 3.8) is 0 Å². The second-order valence-corrected chi connectivity index (χ2v) is 5.67. The van der Waals surface area contributed by atoms with Gasteiger partial charge in [-0.1, -0.05) is 62.7 Å². The number of rotatable bonds is 6. The van der Waals surface area contributed by atoms with Crippen LogP contribution in [0, 0.1) is 5.92 Å². The number of carbonyl (C=O) groups is 1. The molecule has 0 saturated heterocycles. The number of amides is 1. The van der Waals surface area contributed by atoms with Gasteiger partial charge in [-0.05, 0) is 29.2 Å². The van der Waals surface area contributed by atoms with Crippen molar-refractivity contribution >= 4 is 11.6 Å². The number of anilines is 1.